The molecule has 32 heavy (non-hydrogen) atoms. The summed E-state index contributed by atoms with van der Waals surface area (Å²) in [5.41, 5.74) is 1.94. The van der Waals surface area contributed by atoms with Gasteiger partial charge in [-0.15, -0.1) is 0 Å². The van der Waals surface area contributed by atoms with Gasteiger partial charge in [0.1, 0.15) is 5.82 Å². The number of aliphatic carboxylic acids is 1. The molecule has 1 amide bonds. The first-order valence-corrected chi connectivity index (χ1v) is 10.6. The highest BCUT2D eigenvalue weighted by Crippen LogP contribution is 2.28. The van der Waals surface area contributed by atoms with Gasteiger partial charge in [0.25, 0.3) is 5.91 Å². The Labute approximate surface area is 186 Å². The number of nitrogens with zero attached hydrogens (tertiary/aromatic N) is 2. The average molecular weight is 448 g/mol. The van der Waals surface area contributed by atoms with Gasteiger partial charge in [-0.25, -0.2) is 9.07 Å². The number of carbonyl (C=O) groups excluding carboxylic acids is 1. The number of halogens is 1. The summed E-state index contributed by atoms with van der Waals surface area (Å²) in [6.07, 6.45) is 0.819. The summed E-state index contributed by atoms with van der Waals surface area (Å²) in [6.45, 7) is 6.25. The van der Waals surface area contributed by atoms with Crippen LogP contribution in [0.15, 0.2) is 30.3 Å². The van der Waals surface area contributed by atoms with Crippen molar-refractivity contribution in [3.05, 3.63) is 53.1 Å². The van der Waals surface area contributed by atoms with Crippen molar-refractivity contribution in [1.82, 2.24) is 15.1 Å². The Balaban J connectivity index is 2.49. The smallest absolute Gasteiger partial charge is 0.305 e. The SMILES string of the molecule is CCCNC(=O)c1nn(-c2ccc(F)cc2)c(/C=C/[C@@H](O)C[C@@H](O)CC(=O)O)c1C(C)C. The lowest BCUT2D eigenvalue weighted by Crippen LogP contribution is -2.25. The van der Waals surface area contributed by atoms with E-state index in [9.17, 15) is 24.2 Å². The minimum atomic E-state index is -1.20. The van der Waals surface area contributed by atoms with Crippen LogP contribution in [0.1, 0.15) is 67.7 Å². The average Bonchev–Trinajstić information content (AvgIpc) is 3.10. The van der Waals surface area contributed by atoms with E-state index in [-0.39, 0.29) is 23.9 Å². The maximum Gasteiger partial charge on any atom is 0.305 e. The molecule has 174 valence electrons. The van der Waals surface area contributed by atoms with Crippen molar-refractivity contribution < 1.29 is 29.3 Å². The molecule has 0 aliphatic rings. The highest BCUT2D eigenvalue weighted by molar-refractivity contribution is 5.95. The Morgan fingerprint density at radius 3 is 2.44 bits per heavy atom. The van der Waals surface area contributed by atoms with Gasteiger partial charge in [0.15, 0.2) is 5.69 Å². The number of aliphatic hydroxyl groups is 2. The first kappa shape index (κ1) is 25.2. The van der Waals surface area contributed by atoms with Gasteiger partial charge in [0, 0.05) is 18.5 Å². The molecular formula is C23H30FN3O5. The Hall–Kier alpha value is -3.04. The molecule has 1 aromatic carbocycles. The summed E-state index contributed by atoms with van der Waals surface area (Å²) in [6, 6.07) is 5.63. The molecule has 2 aromatic rings. The minimum Gasteiger partial charge on any atom is -0.481 e. The molecule has 0 spiro atoms. The topological polar surface area (TPSA) is 125 Å². The molecule has 2 atom stereocenters. The molecule has 0 saturated heterocycles. The van der Waals surface area contributed by atoms with E-state index in [1.54, 1.807) is 6.08 Å². The molecule has 9 heteroatoms. The van der Waals surface area contributed by atoms with Crippen LogP contribution in [0.5, 0.6) is 0 Å². The summed E-state index contributed by atoms with van der Waals surface area (Å²) < 4.78 is 14.9. The monoisotopic (exact) mass is 447 g/mol. The quantitative estimate of drug-likeness (QED) is 0.420. The van der Waals surface area contributed by atoms with Gasteiger partial charge in [-0.1, -0.05) is 26.8 Å². The normalized spacial score (nSPS) is 13.5. The van der Waals surface area contributed by atoms with E-state index in [2.05, 4.69) is 10.4 Å². The molecule has 0 unspecified atom stereocenters. The summed E-state index contributed by atoms with van der Waals surface area (Å²) >= 11 is 0. The Morgan fingerprint density at radius 2 is 1.88 bits per heavy atom. The summed E-state index contributed by atoms with van der Waals surface area (Å²) in [4.78, 5) is 23.5. The van der Waals surface area contributed by atoms with E-state index in [1.165, 1.54) is 35.0 Å². The van der Waals surface area contributed by atoms with Gasteiger partial charge in [-0.3, -0.25) is 9.59 Å². The fourth-order valence-corrected chi connectivity index (χ4v) is 3.29. The summed E-state index contributed by atoms with van der Waals surface area (Å²) in [5.74, 6) is -2.00. The molecule has 0 radical (unpaired) electrons. The van der Waals surface area contributed by atoms with E-state index in [0.29, 0.717) is 23.5 Å². The highest BCUT2D eigenvalue weighted by Gasteiger charge is 2.24. The zero-order valence-corrected chi connectivity index (χ0v) is 18.5. The lowest BCUT2D eigenvalue weighted by Gasteiger charge is -2.12. The molecule has 0 fully saturated rings. The molecule has 8 nitrogen and oxygen atoms in total. The van der Waals surface area contributed by atoms with Gasteiger partial charge in [-0.2, -0.15) is 5.10 Å². The number of nitrogens with one attached hydrogen (secondary N) is 1. The van der Waals surface area contributed by atoms with E-state index in [4.69, 9.17) is 5.11 Å². The number of aromatic nitrogens is 2. The molecule has 0 saturated carbocycles. The number of carboxylic acids is 1. The van der Waals surface area contributed by atoms with Crippen molar-refractivity contribution in [2.45, 2.75) is 58.2 Å². The van der Waals surface area contributed by atoms with Crippen LogP contribution >= 0.6 is 0 Å². The van der Waals surface area contributed by atoms with Crippen molar-refractivity contribution in [2.75, 3.05) is 6.54 Å². The Morgan fingerprint density at radius 1 is 1.22 bits per heavy atom. The number of hydrogen-bond donors (Lipinski definition) is 4. The Bertz CT molecular complexity index is 953. The van der Waals surface area contributed by atoms with Crippen LogP contribution in [0.25, 0.3) is 11.8 Å². The lowest BCUT2D eigenvalue weighted by atomic mass is 9.98. The Kier molecular flexibility index (Phi) is 9.10. The van der Waals surface area contributed by atoms with Crippen LogP contribution < -0.4 is 5.32 Å². The van der Waals surface area contributed by atoms with Crippen molar-refractivity contribution in [2.24, 2.45) is 0 Å². The predicted octanol–water partition coefficient (Wildman–Crippen LogP) is 2.87. The molecule has 4 N–H and O–H groups in total. The van der Waals surface area contributed by atoms with Gasteiger partial charge < -0.3 is 20.6 Å². The number of hydrogen-bond acceptors (Lipinski definition) is 5. The maximum absolute atomic E-state index is 13.4. The van der Waals surface area contributed by atoms with E-state index in [0.717, 1.165) is 6.42 Å². The van der Waals surface area contributed by atoms with E-state index in [1.807, 2.05) is 20.8 Å². The molecule has 0 aliphatic heterocycles. The maximum atomic E-state index is 13.4. The number of amides is 1. The first-order chi connectivity index (χ1) is 15.1. The minimum absolute atomic E-state index is 0.0963. The molecule has 1 heterocycles. The zero-order valence-electron chi connectivity index (χ0n) is 18.5. The van der Waals surface area contributed by atoms with Crippen LogP contribution in [-0.4, -0.2) is 55.7 Å². The third-order valence-electron chi connectivity index (χ3n) is 4.76. The number of benzene rings is 1. The first-order valence-electron chi connectivity index (χ1n) is 10.6. The zero-order chi connectivity index (χ0) is 23.8. The fourth-order valence-electron chi connectivity index (χ4n) is 3.29. The van der Waals surface area contributed by atoms with Gasteiger partial charge in [0.05, 0.1) is 30.0 Å². The fraction of sp³-hybridized carbons (Fsp3) is 0.435. The van der Waals surface area contributed by atoms with Gasteiger partial charge in [0.2, 0.25) is 0 Å². The highest BCUT2D eigenvalue weighted by atomic mass is 19.1. The molecular weight excluding hydrogens is 417 g/mol. The number of carboxylic acid groups (broad SMARTS) is 1. The van der Waals surface area contributed by atoms with Crippen molar-refractivity contribution >= 4 is 18.0 Å². The second kappa shape index (κ2) is 11.5. The van der Waals surface area contributed by atoms with E-state index >= 15 is 0 Å². The predicted molar refractivity (Wildman–Crippen MR) is 118 cm³/mol. The molecule has 0 bridgehead atoms. The lowest BCUT2D eigenvalue weighted by molar-refractivity contribution is -0.139. The van der Waals surface area contributed by atoms with Crippen LogP contribution in [-0.2, 0) is 4.79 Å². The summed E-state index contributed by atoms with van der Waals surface area (Å²) in [5, 5.41) is 36.1. The number of carbonyl (C=O) groups is 2. The van der Waals surface area contributed by atoms with E-state index < -0.39 is 30.4 Å². The standard InChI is InChI=1S/C23H30FN3O5/c1-4-11-25-23(32)22-21(14(2)3)19(10-9-17(28)12-18(29)13-20(30)31)27(26-22)16-7-5-15(24)6-8-16/h5-10,14,17-18,28-29H,4,11-13H2,1-3H3,(H,25,32)(H,30,31)/b10-9+/t17-,18-/m1/s1. The van der Waals surface area contributed by atoms with Crippen LogP contribution in [0.4, 0.5) is 4.39 Å². The second-order valence-electron chi connectivity index (χ2n) is 7.86. The van der Waals surface area contributed by atoms with Gasteiger partial charge in [-0.05, 0) is 42.7 Å². The van der Waals surface area contributed by atoms with Crippen molar-refractivity contribution in [3.63, 3.8) is 0 Å². The van der Waals surface area contributed by atoms with Gasteiger partial charge >= 0.3 is 5.97 Å². The van der Waals surface area contributed by atoms with Crippen molar-refractivity contribution in [1.29, 1.82) is 0 Å². The largest absolute Gasteiger partial charge is 0.481 e. The van der Waals surface area contributed by atoms with Crippen LogP contribution in [0.3, 0.4) is 0 Å². The molecule has 2 rings (SSSR count). The van der Waals surface area contributed by atoms with Crippen molar-refractivity contribution in [3.8, 4) is 5.69 Å². The molecule has 1 aromatic heterocycles. The third kappa shape index (κ3) is 6.73. The molecule has 0 aliphatic carbocycles. The second-order valence-corrected chi connectivity index (χ2v) is 7.86. The number of aliphatic hydroxyl groups excluding tert-OH is 2. The third-order valence-corrected chi connectivity index (χ3v) is 4.76. The van der Waals surface area contributed by atoms with Crippen LogP contribution in [0, 0.1) is 5.82 Å². The summed E-state index contributed by atoms with van der Waals surface area (Å²) in [7, 11) is 0. The van der Waals surface area contributed by atoms with Crippen LogP contribution in [0.2, 0.25) is 0 Å². The number of rotatable bonds is 11.